The highest BCUT2D eigenvalue weighted by atomic mass is 127. The van der Waals surface area contributed by atoms with Gasteiger partial charge in [0.1, 0.15) is 0 Å². The second-order valence-electron chi connectivity index (χ2n) is 3.54. The molecular formula is C12H26INO5. The van der Waals surface area contributed by atoms with E-state index in [1.807, 2.05) is 0 Å². The Labute approximate surface area is 129 Å². The minimum absolute atomic E-state index is 0.548. The predicted octanol–water partition coefficient (Wildman–Crippen LogP) is 0.463. The van der Waals surface area contributed by atoms with Crippen molar-refractivity contribution in [3.05, 3.63) is 0 Å². The van der Waals surface area contributed by atoms with E-state index in [1.165, 1.54) is 0 Å². The molecule has 0 heterocycles. The third kappa shape index (κ3) is 18.5. The van der Waals surface area contributed by atoms with Crippen LogP contribution in [0.5, 0.6) is 0 Å². The van der Waals surface area contributed by atoms with Crippen LogP contribution in [-0.2, 0) is 23.7 Å². The Bertz CT molecular complexity index is 149. The second-order valence-corrected chi connectivity index (χ2v) is 4.62. The Balaban J connectivity index is 2.88. The molecule has 0 rings (SSSR count). The van der Waals surface area contributed by atoms with Crippen LogP contribution in [0.1, 0.15) is 0 Å². The summed E-state index contributed by atoms with van der Waals surface area (Å²) in [6.45, 7) is 6.66. The van der Waals surface area contributed by atoms with Gasteiger partial charge in [0.05, 0.1) is 66.1 Å². The first-order chi connectivity index (χ1) is 9.41. The molecule has 0 atom stereocenters. The summed E-state index contributed by atoms with van der Waals surface area (Å²) in [5, 5.41) is 0. The Morgan fingerprint density at radius 1 is 0.526 bits per heavy atom. The zero-order chi connectivity index (χ0) is 14.0. The molecule has 0 bridgehead atoms. The van der Waals surface area contributed by atoms with Crippen LogP contribution < -0.4 is 5.73 Å². The lowest BCUT2D eigenvalue weighted by Gasteiger charge is -2.07. The van der Waals surface area contributed by atoms with Gasteiger partial charge in [-0.1, -0.05) is 22.6 Å². The molecule has 0 aromatic rings. The first-order valence-corrected chi connectivity index (χ1v) is 8.09. The van der Waals surface area contributed by atoms with E-state index in [-0.39, 0.29) is 0 Å². The maximum Gasteiger partial charge on any atom is 0.0701 e. The highest BCUT2D eigenvalue weighted by Gasteiger charge is 1.92. The minimum Gasteiger partial charge on any atom is -0.378 e. The van der Waals surface area contributed by atoms with Gasteiger partial charge in [0.25, 0.3) is 0 Å². The van der Waals surface area contributed by atoms with Gasteiger partial charge in [-0.2, -0.15) is 0 Å². The summed E-state index contributed by atoms with van der Waals surface area (Å²) in [5.41, 5.74) is 5.28. The van der Waals surface area contributed by atoms with Crippen LogP contribution in [0.4, 0.5) is 0 Å². The molecule has 0 radical (unpaired) electrons. The topological polar surface area (TPSA) is 72.2 Å². The van der Waals surface area contributed by atoms with Crippen LogP contribution in [0, 0.1) is 0 Å². The fourth-order valence-corrected chi connectivity index (χ4v) is 1.43. The third-order valence-corrected chi connectivity index (χ3v) is 2.41. The molecule has 2 N–H and O–H groups in total. The average molecular weight is 391 g/mol. The minimum atomic E-state index is 0.548. The number of ether oxygens (including phenoxy) is 5. The van der Waals surface area contributed by atoms with Gasteiger partial charge in [-0.25, -0.2) is 0 Å². The fourth-order valence-electron chi connectivity index (χ4n) is 1.12. The van der Waals surface area contributed by atoms with Gasteiger partial charge >= 0.3 is 0 Å². The SMILES string of the molecule is NCCOCCOCCOCCOCCOCCI. The molecule has 7 heteroatoms. The average Bonchev–Trinajstić information content (AvgIpc) is 2.43. The number of nitrogens with two attached hydrogens (primary N) is 1. The molecule has 0 fully saturated rings. The zero-order valence-electron chi connectivity index (χ0n) is 11.5. The van der Waals surface area contributed by atoms with Crippen LogP contribution in [0.3, 0.4) is 0 Å². The Morgan fingerprint density at radius 3 is 1.16 bits per heavy atom. The van der Waals surface area contributed by atoms with E-state index in [2.05, 4.69) is 22.6 Å². The fraction of sp³-hybridized carbons (Fsp3) is 1.00. The van der Waals surface area contributed by atoms with Crippen LogP contribution in [0.25, 0.3) is 0 Å². The van der Waals surface area contributed by atoms with Crippen molar-refractivity contribution in [2.24, 2.45) is 5.73 Å². The van der Waals surface area contributed by atoms with Crippen LogP contribution in [0.2, 0.25) is 0 Å². The lowest BCUT2D eigenvalue weighted by atomic mass is 10.7. The summed E-state index contributed by atoms with van der Waals surface area (Å²) >= 11 is 2.28. The maximum absolute atomic E-state index is 5.34. The number of rotatable bonds is 16. The summed E-state index contributed by atoms with van der Waals surface area (Å²) < 4.78 is 27.4. The monoisotopic (exact) mass is 391 g/mol. The van der Waals surface area contributed by atoms with Crippen molar-refractivity contribution in [2.75, 3.05) is 77.0 Å². The predicted molar refractivity (Wildman–Crippen MR) is 82.0 cm³/mol. The molecule has 116 valence electrons. The van der Waals surface area contributed by atoms with Gasteiger partial charge in [0, 0.05) is 11.0 Å². The van der Waals surface area contributed by atoms with E-state index in [4.69, 9.17) is 29.4 Å². The van der Waals surface area contributed by atoms with E-state index in [1.54, 1.807) is 0 Å². The number of halogens is 1. The quantitative estimate of drug-likeness (QED) is 0.234. The van der Waals surface area contributed by atoms with Crippen molar-refractivity contribution < 1.29 is 23.7 Å². The number of hydrogen-bond donors (Lipinski definition) is 1. The highest BCUT2D eigenvalue weighted by molar-refractivity contribution is 14.1. The van der Waals surface area contributed by atoms with Gasteiger partial charge in [-0.3, -0.25) is 0 Å². The number of alkyl halides is 1. The summed E-state index contributed by atoms with van der Waals surface area (Å²) in [5.74, 6) is 0. The maximum atomic E-state index is 5.34. The molecule has 0 saturated carbocycles. The highest BCUT2D eigenvalue weighted by Crippen LogP contribution is 1.85. The van der Waals surface area contributed by atoms with Crippen molar-refractivity contribution >= 4 is 22.6 Å². The zero-order valence-corrected chi connectivity index (χ0v) is 13.6. The van der Waals surface area contributed by atoms with Gasteiger partial charge < -0.3 is 29.4 Å². The normalized spacial score (nSPS) is 11.1. The molecule has 6 nitrogen and oxygen atoms in total. The van der Waals surface area contributed by atoms with Gasteiger partial charge in [0.15, 0.2) is 0 Å². The summed E-state index contributed by atoms with van der Waals surface area (Å²) in [6, 6.07) is 0. The van der Waals surface area contributed by atoms with Crippen molar-refractivity contribution in [1.29, 1.82) is 0 Å². The standard InChI is InChI=1S/C12H26INO5/c13-1-3-15-5-7-17-9-11-19-12-10-18-8-6-16-4-2-14/h1-12,14H2. The Hall–Kier alpha value is 0.490. The van der Waals surface area contributed by atoms with E-state index in [9.17, 15) is 0 Å². The Kier molecular flexibility index (Phi) is 19.0. The van der Waals surface area contributed by atoms with E-state index < -0.39 is 0 Å². The Morgan fingerprint density at radius 2 is 0.842 bits per heavy atom. The van der Waals surface area contributed by atoms with E-state index in [0.717, 1.165) is 11.0 Å². The molecular weight excluding hydrogens is 365 g/mol. The molecule has 19 heavy (non-hydrogen) atoms. The van der Waals surface area contributed by atoms with Crippen molar-refractivity contribution in [3.8, 4) is 0 Å². The molecule has 0 aliphatic rings. The van der Waals surface area contributed by atoms with Crippen molar-refractivity contribution in [1.82, 2.24) is 0 Å². The first-order valence-electron chi connectivity index (χ1n) is 6.56. The van der Waals surface area contributed by atoms with Crippen molar-refractivity contribution in [2.45, 2.75) is 0 Å². The molecule has 0 aliphatic carbocycles. The lowest BCUT2D eigenvalue weighted by Crippen LogP contribution is -2.14. The largest absolute Gasteiger partial charge is 0.378 e. The van der Waals surface area contributed by atoms with E-state index in [0.29, 0.717) is 66.0 Å². The van der Waals surface area contributed by atoms with Gasteiger partial charge in [-0.15, -0.1) is 0 Å². The molecule has 0 aromatic carbocycles. The second kappa shape index (κ2) is 18.5. The van der Waals surface area contributed by atoms with E-state index >= 15 is 0 Å². The van der Waals surface area contributed by atoms with Crippen molar-refractivity contribution in [3.63, 3.8) is 0 Å². The smallest absolute Gasteiger partial charge is 0.0701 e. The molecule has 0 amide bonds. The third-order valence-electron chi connectivity index (χ3n) is 1.97. The summed E-state index contributed by atoms with van der Waals surface area (Å²) in [7, 11) is 0. The molecule has 0 aromatic heterocycles. The van der Waals surface area contributed by atoms with Crippen LogP contribution >= 0.6 is 22.6 Å². The van der Waals surface area contributed by atoms with Crippen LogP contribution in [-0.4, -0.2) is 77.0 Å². The molecule has 0 aliphatic heterocycles. The van der Waals surface area contributed by atoms with Gasteiger partial charge in [-0.05, 0) is 0 Å². The molecule has 0 spiro atoms. The lowest BCUT2D eigenvalue weighted by molar-refractivity contribution is -0.00943. The molecule has 0 saturated heterocycles. The van der Waals surface area contributed by atoms with Crippen LogP contribution in [0.15, 0.2) is 0 Å². The molecule has 0 unspecified atom stereocenters. The summed E-state index contributed by atoms with van der Waals surface area (Å²) in [6.07, 6.45) is 0. The van der Waals surface area contributed by atoms with Gasteiger partial charge in [0.2, 0.25) is 0 Å². The summed E-state index contributed by atoms with van der Waals surface area (Å²) in [4.78, 5) is 0. The first kappa shape index (κ1) is 19.5. The number of hydrogen-bond acceptors (Lipinski definition) is 6.